The van der Waals surface area contributed by atoms with Gasteiger partial charge in [0.15, 0.2) is 0 Å². The maximum absolute atomic E-state index is 3.83. The smallest absolute Gasteiger partial charge is 0.0780 e. The second kappa shape index (κ2) is 22.0. The van der Waals surface area contributed by atoms with Gasteiger partial charge in [0, 0.05) is 19.6 Å². The maximum atomic E-state index is 3.83. The summed E-state index contributed by atoms with van der Waals surface area (Å²) in [6, 6.07) is 0. The SMILES string of the molecule is C[N+](C)(C)CCCCCNCC12CC3CC(CC(C3)C1)C2.C[N+](C)(C)CCCCCNCC12CC3CC(CC(C3)C1)C2.C[N+](C)(C)CCCCCNCC12CC3CC(CC(C3)C1)C2. The van der Waals surface area contributed by atoms with E-state index in [9.17, 15) is 0 Å². The molecule has 12 fully saturated rings. The second-order valence-corrected chi connectivity index (χ2v) is 29.0. The average Bonchev–Trinajstić information content (AvgIpc) is 3.14. The summed E-state index contributed by atoms with van der Waals surface area (Å²) in [6.45, 7) is 11.7. The van der Waals surface area contributed by atoms with E-state index in [1.807, 2.05) is 0 Å². The molecule has 12 bridgehead atoms. The van der Waals surface area contributed by atoms with Crippen molar-refractivity contribution in [3.63, 3.8) is 0 Å². The zero-order valence-electron chi connectivity index (χ0n) is 44.0. The van der Waals surface area contributed by atoms with Crippen LogP contribution in [0, 0.1) is 69.5 Å². The highest BCUT2D eigenvalue weighted by atomic mass is 15.3. The lowest BCUT2D eigenvalue weighted by Crippen LogP contribution is -2.50. The molecule has 6 nitrogen and oxygen atoms in total. The summed E-state index contributed by atoms with van der Waals surface area (Å²) < 4.78 is 3.34. The molecule has 63 heavy (non-hydrogen) atoms. The Morgan fingerprint density at radius 2 is 0.476 bits per heavy atom. The zero-order valence-corrected chi connectivity index (χ0v) is 44.0. The van der Waals surface area contributed by atoms with Crippen molar-refractivity contribution < 1.29 is 13.4 Å². The molecule has 0 aromatic carbocycles. The molecule has 0 amide bonds. The highest BCUT2D eigenvalue weighted by Crippen LogP contribution is 2.62. The number of quaternary nitrogens is 3. The van der Waals surface area contributed by atoms with Gasteiger partial charge >= 0.3 is 0 Å². The van der Waals surface area contributed by atoms with E-state index < -0.39 is 0 Å². The van der Waals surface area contributed by atoms with Crippen LogP contribution in [0.2, 0.25) is 0 Å². The summed E-state index contributed by atoms with van der Waals surface area (Å²) in [4.78, 5) is 0. The van der Waals surface area contributed by atoms with Crippen LogP contribution in [0.4, 0.5) is 0 Å². The van der Waals surface area contributed by atoms with Gasteiger partial charge in [-0.1, -0.05) is 0 Å². The highest BCUT2D eigenvalue weighted by Gasteiger charge is 2.52. The van der Waals surface area contributed by atoms with E-state index >= 15 is 0 Å². The van der Waals surface area contributed by atoms with Crippen LogP contribution in [0.25, 0.3) is 0 Å². The van der Waals surface area contributed by atoms with Gasteiger partial charge in [-0.25, -0.2) is 0 Å². The maximum Gasteiger partial charge on any atom is 0.0780 e. The number of nitrogens with zero attached hydrogens (tertiary/aromatic N) is 3. The molecule has 366 valence electrons. The van der Waals surface area contributed by atoms with Crippen molar-refractivity contribution in [1.29, 1.82) is 0 Å². The molecule has 0 heterocycles. The van der Waals surface area contributed by atoms with Gasteiger partial charge in [-0.15, -0.1) is 0 Å². The molecule has 0 spiro atoms. The van der Waals surface area contributed by atoms with Crippen molar-refractivity contribution >= 4 is 0 Å². The Bertz CT molecular complexity index is 1080. The van der Waals surface area contributed by atoms with Crippen LogP contribution in [0.3, 0.4) is 0 Å². The van der Waals surface area contributed by atoms with Gasteiger partial charge in [-0.05, 0) is 263 Å². The molecule has 12 rings (SSSR count). The third-order valence-corrected chi connectivity index (χ3v) is 19.0. The first-order valence-electron chi connectivity index (χ1n) is 28.4. The van der Waals surface area contributed by atoms with Gasteiger partial charge in [0.25, 0.3) is 0 Å². The van der Waals surface area contributed by atoms with E-state index in [-0.39, 0.29) is 0 Å². The summed E-state index contributed by atoms with van der Waals surface area (Å²) in [5.41, 5.74) is 2.16. The standard InChI is InChI=1S/3C19H37N2/c3*1-21(2,3)8-6-4-5-7-20-15-19-12-16-9-17(13-19)11-18(10-16)14-19/h3*16-18,20H,4-15H2,1-3H3/q3*+1. The Hall–Kier alpha value is -0.240. The molecule has 0 saturated heterocycles. The van der Waals surface area contributed by atoms with Crippen molar-refractivity contribution in [3.05, 3.63) is 0 Å². The molecule has 3 N–H and O–H groups in total. The van der Waals surface area contributed by atoms with Crippen molar-refractivity contribution in [2.75, 3.05) is 122 Å². The highest BCUT2D eigenvalue weighted by molar-refractivity contribution is 5.04. The number of hydrogen-bond donors (Lipinski definition) is 3. The topological polar surface area (TPSA) is 36.1 Å². The first kappa shape index (κ1) is 50.6. The van der Waals surface area contributed by atoms with Crippen LogP contribution < -0.4 is 16.0 Å². The normalized spacial score (nSPS) is 38.1. The molecule has 6 heteroatoms. The monoisotopic (exact) mass is 880 g/mol. The van der Waals surface area contributed by atoms with Crippen molar-refractivity contribution in [2.24, 2.45) is 69.5 Å². The van der Waals surface area contributed by atoms with Crippen LogP contribution >= 0.6 is 0 Å². The summed E-state index contributed by atoms with van der Waals surface area (Å²) >= 11 is 0. The number of unbranched alkanes of at least 4 members (excludes halogenated alkanes) is 6. The van der Waals surface area contributed by atoms with E-state index in [1.54, 1.807) is 116 Å². The van der Waals surface area contributed by atoms with Crippen molar-refractivity contribution in [3.8, 4) is 0 Å². The van der Waals surface area contributed by atoms with Crippen LogP contribution in [0.15, 0.2) is 0 Å². The molecule has 0 aromatic rings. The lowest BCUT2D eigenvalue weighted by Gasteiger charge is -2.57. The number of rotatable bonds is 24. The van der Waals surface area contributed by atoms with Gasteiger partial charge in [0.2, 0.25) is 0 Å². The van der Waals surface area contributed by atoms with Crippen LogP contribution in [-0.2, 0) is 0 Å². The third-order valence-electron chi connectivity index (χ3n) is 19.0. The fourth-order valence-corrected chi connectivity index (χ4v) is 17.6. The summed E-state index contributed by atoms with van der Waals surface area (Å²) in [5, 5.41) is 11.5. The average molecular weight is 881 g/mol. The van der Waals surface area contributed by atoms with E-state index in [0.717, 1.165) is 83.0 Å². The van der Waals surface area contributed by atoms with Crippen molar-refractivity contribution in [1.82, 2.24) is 16.0 Å². The first-order valence-corrected chi connectivity index (χ1v) is 28.4. The summed E-state index contributed by atoms with van der Waals surface area (Å²) in [6.07, 6.45) is 40.5. The zero-order chi connectivity index (χ0) is 44.8. The molecule has 0 aliphatic heterocycles. The molecule has 12 aliphatic carbocycles. The van der Waals surface area contributed by atoms with Crippen LogP contribution in [-0.4, -0.2) is 136 Å². The lowest BCUT2D eigenvalue weighted by atomic mass is 9.49. The fraction of sp³-hybridized carbons (Fsp3) is 1.00. The molecular weight excluding hydrogens is 769 g/mol. The second-order valence-electron chi connectivity index (χ2n) is 29.0. The van der Waals surface area contributed by atoms with Gasteiger partial charge < -0.3 is 29.4 Å². The Kier molecular flexibility index (Phi) is 17.7. The third kappa shape index (κ3) is 16.2. The van der Waals surface area contributed by atoms with E-state index in [0.29, 0.717) is 0 Å². The molecule has 0 radical (unpaired) electrons. The lowest BCUT2D eigenvalue weighted by molar-refractivity contribution is -0.870. The van der Waals surface area contributed by atoms with E-state index in [4.69, 9.17) is 0 Å². The fourth-order valence-electron chi connectivity index (χ4n) is 17.6. The molecule has 12 aliphatic rings. The Morgan fingerprint density at radius 1 is 0.286 bits per heavy atom. The van der Waals surface area contributed by atoms with Crippen molar-refractivity contribution in [2.45, 2.75) is 173 Å². The molecule has 0 aromatic heterocycles. The Morgan fingerprint density at radius 3 is 0.651 bits per heavy atom. The largest absolute Gasteiger partial charge is 0.331 e. The molecule has 12 saturated carbocycles. The number of nitrogens with one attached hydrogen (secondary N) is 3. The van der Waals surface area contributed by atoms with Crippen LogP contribution in [0.5, 0.6) is 0 Å². The Labute approximate surface area is 393 Å². The van der Waals surface area contributed by atoms with E-state index in [1.165, 1.54) is 117 Å². The predicted octanol–water partition coefficient (Wildman–Crippen LogP) is 11.0. The quantitative estimate of drug-likeness (QED) is 0.0668. The molecule has 0 atom stereocenters. The minimum Gasteiger partial charge on any atom is -0.331 e. The first-order chi connectivity index (χ1) is 29.8. The molecule has 0 unspecified atom stereocenters. The van der Waals surface area contributed by atoms with Gasteiger partial charge in [-0.2, -0.15) is 0 Å². The minimum atomic E-state index is 0.719. The van der Waals surface area contributed by atoms with Gasteiger partial charge in [-0.3, -0.25) is 0 Å². The minimum absolute atomic E-state index is 0.719. The number of hydrogen-bond acceptors (Lipinski definition) is 3. The van der Waals surface area contributed by atoms with E-state index in [2.05, 4.69) is 79.4 Å². The summed E-state index contributed by atoms with van der Waals surface area (Å²) in [5.74, 6) is 9.90. The predicted molar refractivity (Wildman–Crippen MR) is 271 cm³/mol. The Balaban J connectivity index is 0.000000142. The molecular formula is C57H111N6+3. The van der Waals surface area contributed by atoms with Gasteiger partial charge in [0.1, 0.15) is 0 Å². The summed E-state index contributed by atoms with van der Waals surface area (Å²) in [7, 11) is 20.7. The van der Waals surface area contributed by atoms with Crippen LogP contribution in [0.1, 0.15) is 173 Å². The van der Waals surface area contributed by atoms with Gasteiger partial charge in [0.05, 0.1) is 83.1 Å².